The Bertz CT molecular complexity index is 888. The van der Waals surface area contributed by atoms with Crippen LogP contribution in [0, 0.1) is 5.41 Å². The lowest BCUT2D eigenvalue weighted by molar-refractivity contribution is -0.129. The minimum Gasteiger partial charge on any atom is -0.387 e. The number of Topliss-reactive ketones (excluding diaryl/α,β-unsaturated/α-hetero) is 1. The molecule has 0 aliphatic carbocycles. The molecule has 8 heteroatoms. The summed E-state index contributed by atoms with van der Waals surface area (Å²) < 4.78 is 0. The lowest BCUT2D eigenvalue weighted by Crippen LogP contribution is -2.48. The summed E-state index contributed by atoms with van der Waals surface area (Å²) in [6.45, 7) is 4.41. The Labute approximate surface area is 170 Å². The van der Waals surface area contributed by atoms with Crippen molar-refractivity contribution in [3.8, 4) is 11.1 Å². The number of aromatic nitrogens is 2. The number of nitrogens with zero attached hydrogens (tertiary/aromatic N) is 4. The summed E-state index contributed by atoms with van der Waals surface area (Å²) in [6.07, 6.45) is 4.60. The molecule has 0 spiro atoms. The third-order valence-corrected chi connectivity index (χ3v) is 4.99. The Hall–Kier alpha value is -3.29. The van der Waals surface area contributed by atoms with E-state index in [0.717, 1.165) is 29.8 Å². The van der Waals surface area contributed by atoms with Crippen LogP contribution in [0.5, 0.6) is 0 Å². The van der Waals surface area contributed by atoms with Gasteiger partial charge in [0.25, 0.3) is 0 Å². The molecule has 29 heavy (non-hydrogen) atoms. The monoisotopic (exact) mass is 394 g/mol. The summed E-state index contributed by atoms with van der Waals surface area (Å²) in [5, 5.41) is 7.20. The molecule has 1 aliphatic heterocycles. The maximum Gasteiger partial charge on any atom is 0.225 e. The number of carbonyl (C=O) groups excluding carboxylic acids is 2. The van der Waals surface area contributed by atoms with E-state index in [1.54, 1.807) is 19.3 Å². The van der Waals surface area contributed by atoms with Crippen molar-refractivity contribution in [2.45, 2.75) is 26.2 Å². The van der Waals surface area contributed by atoms with Crippen LogP contribution in [-0.4, -0.2) is 58.6 Å². The van der Waals surface area contributed by atoms with E-state index in [2.05, 4.69) is 14.9 Å². The highest BCUT2D eigenvalue weighted by molar-refractivity contribution is 5.98. The van der Waals surface area contributed by atoms with Crippen LogP contribution >= 0.6 is 0 Å². The van der Waals surface area contributed by atoms with Gasteiger partial charge >= 0.3 is 0 Å². The first-order valence-corrected chi connectivity index (χ1v) is 9.69. The second-order valence-electron chi connectivity index (χ2n) is 7.21. The number of nitrogens with two attached hydrogens (primary N) is 1. The van der Waals surface area contributed by atoms with Crippen LogP contribution in [-0.2, 0) is 16.0 Å². The number of hydrogen-bond donors (Lipinski definition) is 2. The Morgan fingerprint density at radius 2 is 1.79 bits per heavy atom. The number of ketones is 1. The molecule has 0 atom stereocenters. The molecule has 1 fully saturated rings. The van der Waals surface area contributed by atoms with Crippen LogP contribution in [0.2, 0.25) is 0 Å². The van der Waals surface area contributed by atoms with E-state index >= 15 is 0 Å². The molecule has 2 heterocycles. The first-order chi connectivity index (χ1) is 13.9. The quantitative estimate of drug-likeness (QED) is 0.545. The fourth-order valence-corrected chi connectivity index (χ4v) is 3.35. The zero-order chi connectivity index (χ0) is 20.8. The van der Waals surface area contributed by atoms with Crippen molar-refractivity contribution < 1.29 is 9.59 Å². The SMILES string of the molecule is CC(=O)N1CCN(c2ncc(-c3cccc(CCC(=O)CC(=N)N)c3)cn2)CC1. The van der Waals surface area contributed by atoms with Crippen molar-refractivity contribution >= 4 is 23.5 Å². The number of nitrogens with one attached hydrogen (secondary N) is 1. The molecule has 1 aromatic heterocycles. The van der Waals surface area contributed by atoms with E-state index in [-0.39, 0.29) is 23.9 Å². The Kier molecular flexibility index (Phi) is 6.54. The smallest absolute Gasteiger partial charge is 0.225 e. The van der Waals surface area contributed by atoms with Crippen molar-refractivity contribution in [1.82, 2.24) is 14.9 Å². The van der Waals surface area contributed by atoms with Gasteiger partial charge in [-0.1, -0.05) is 24.3 Å². The minimum atomic E-state index is -0.0938. The Morgan fingerprint density at radius 3 is 2.41 bits per heavy atom. The Morgan fingerprint density at radius 1 is 1.10 bits per heavy atom. The summed E-state index contributed by atoms with van der Waals surface area (Å²) in [4.78, 5) is 36.1. The maximum atomic E-state index is 11.8. The molecule has 0 radical (unpaired) electrons. The van der Waals surface area contributed by atoms with Gasteiger partial charge in [0, 0.05) is 57.5 Å². The van der Waals surface area contributed by atoms with Gasteiger partial charge in [-0.25, -0.2) is 9.97 Å². The van der Waals surface area contributed by atoms with Gasteiger partial charge < -0.3 is 15.5 Å². The van der Waals surface area contributed by atoms with Crippen molar-refractivity contribution in [3.05, 3.63) is 42.2 Å². The van der Waals surface area contributed by atoms with Gasteiger partial charge in [-0.2, -0.15) is 0 Å². The highest BCUT2D eigenvalue weighted by atomic mass is 16.2. The third kappa shape index (κ3) is 5.60. The first-order valence-electron chi connectivity index (χ1n) is 9.69. The van der Waals surface area contributed by atoms with E-state index in [1.165, 1.54) is 0 Å². The molecule has 1 saturated heterocycles. The van der Waals surface area contributed by atoms with Crippen LogP contribution in [0.25, 0.3) is 11.1 Å². The number of carbonyl (C=O) groups is 2. The number of amidine groups is 1. The highest BCUT2D eigenvalue weighted by Gasteiger charge is 2.20. The number of rotatable bonds is 7. The van der Waals surface area contributed by atoms with Gasteiger partial charge in [-0.3, -0.25) is 15.0 Å². The van der Waals surface area contributed by atoms with Crippen LogP contribution < -0.4 is 10.6 Å². The number of benzene rings is 1. The van der Waals surface area contributed by atoms with Crippen molar-refractivity contribution in [1.29, 1.82) is 5.41 Å². The molecule has 0 bridgehead atoms. The normalized spacial score (nSPS) is 14.0. The van der Waals surface area contributed by atoms with Crippen molar-refractivity contribution in [2.24, 2.45) is 5.73 Å². The second-order valence-corrected chi connectivity index (χ2v) is 7.21. The van der Waals surface area contributed by atoms with Crippen molar-refractivity contribution in [2.75, 3.05) is 31.1 Å². The zero-order valence-corrected chi connectivity index (χ0v) is 16.6. The molecule has 1 amide bonds. The van der Waals surface area contributed by atoms with E-state index in [0.29, 0.717) is 31.9 Å². The summed E-state index contributed by atoms with van der Waals surface area (Å²) in [6, 6.07) is 7.96. The molecule has 1 aromatic carbocycles. The number of aryl methyl sites for hydroxylation is 1. The molecule has 3 rings (SSSR count). The second kappa shape index (κ2) is 9.27. The standard InChI is InChI=1S/C21H26N6O2/c1-15(28)26-7-9-27(10-8-26)21-24-13-18(14-25-21)17-4-2-3-16(11-17)5-6-19(29)12-20(22)23/h2-4,11,13-14H,5-10,12H2,1H3,(H3,22,23). The molecule has 8 nitrogen and oxygen atoms in total. The Balaban J connectivity index is 1.62. The molecular formula is C21H26N6O2. The summed E-state index contributed by atoms with van der Waals surface area (Å²) in [5.41, 5.74) is 8.23. The van der Waals surface area contributed by atoms with E-state index in [1.807, 2.05) is 29.2 Å². The van der Waals surface area contributed by atoms with Gasteiger partial charge in [0.05, 0.1) is 12.3 Å². The van der Waals surface area contributed by atoms with Gasteiger partial charge in [0.1, 0.15) is 5.78 Å². The van der Waals surface area contributed by atoms with Crippen LogP contribution in [0.4, 0.5) is 5.95 Å². The molecule has 0 saturated carbocycles. The van der Waals surface area contributed by atoms with Gasteiger partial charge in [0.15, 0.2) is 0 Å². The first kappa shape index (κ1) is 20.4. The molecule has 2 aromatic rings. The molecule has 1 aliphatic rings. The lowest BCUT2D eigenvalue weighted by atomic mass is 10.0. The molecule has 3 N–H and O–H groups in total. The number of hydrogen-bond acceptors (Lipinski definition) is 6. The minimum absolute atomic E-state index is 0.00959. The number of anilines is 1. The average molecular weight is 394 g/mol. The summed E-state index contributed by atoms with van der Waals surface area (Å²) in [5.74, 6) is 0.649. The van der Waals surface area contributed by atoms with Crippen LogP contribution in [0.3, 0.4) is 0 Å². The zero-order valence-electron chi connectivity index (χ0n) is 16.6. The maximum absolute atomic E-state index is 11.8. The fraction of sp³-hybridized carbons (Fsp3) is 0.381. The molecule has 0 unspecified atom stereocenters. The summed E-state index contributed by atoms with van der Waals surface area (Å²) >= 11 is 0. The van der Waals surface area contributed by atoms with E-state index in [9.17, 15) is 9.59 Å². The fourth-order valence-electron chi connectivity index (χ4n) is 3.35. The largest absolute Gasteiger partial charge is 0.387 e. The van der Waals surface area contributed by atoms with Gasteiger partial charge in [-0.05, 0) is 17.5 Å². The number of amides is 1. The molecular weight excluding hydrogens is 368 g/mol. The molecule has 152 valence electrons. The predicted molar refractivity (Wildman–Crippen MR) is 112 cm³/mol. The average Bonchev–Trinajstić information content (AvgIpc) is 2.72. The van der Waals surface area contributed by atoms with Crippen molar-refractivity contribution in [3.63, 3.8) is 0 Å². The highest BCUT2D eigenvalue weighted by Crippen LogP contribution is 2.21. The number of piperazine rings is 1. The van der Waals surface area contributed by atoms with Gasteiger partial charge in [-0.15, -0.1) is 0 Å². The van der Waals surface area contributed by atoms with E-state index < -0.39 is 0 Å². The third-order valence-electron chi connectivity index (χ3n) is 4.99. The van der Waals surface area contributed by atoms with Crippen LogP contribution in [0.15, 0.2) is 36.7 Å². The topological polar surface area (TPSA) is 116 Å². The lowest BCUT2D eigenvalue weighted by Gasteiger charge is -2.34. The van der Waals surface area contributed by atoms with Crippen LogP contribution in [0.1, 0.15) is 25.3 Å². The summed E-state index contributed by atoms with van der Waals surface area (Å²) in [7, 11) is 0. The predicted octanol–water partition coefficient (Wildman–Crippen LogP) is 1.64. The van der Waals surface area contributed by atoms with Gasteiger partial charge in [0.2, 0.25) is 11.9 Å². The van der Waals surface area contributed by atoms with E-state index in [4.69, 9.17) is 11.1 Å².